The number of hydrogen-bond donors (Lipinski definition) is 1. The van der Waals surface area contributed by atoms with E-state index in [9.17, 15) is 0 Å². The molecule has 0 unspecified atom stereocenters. The molecule has 0 amide bonds. The minimum Gasteiger partial charge on any atom is -0.378 e. The van der Waals surface area contributed by atoms with E-state index in [4.69, 9.17) is 4.74 Å². The molecule has 1 aromatic heterocycles. The third-order valence-corrected chi connectivity index (χ3v) is 5.79. The Kier molecular flexibility index (Phi) is 5.29. The smallest absolute Gasteiger partial charge is 0.230 e. The van der Waals surface area contributed by atoms with Crippen LogP contribution in [0, 0.1) is 6.92 Å². The van der Waals surface area contributed by atoms with Gasteiger partial charge >= 0.3 is 0 Å². The van der Waals surface area contributed by atoms with Gasteiger partial charge in [0.2, 0.25) is 5.95 Å². The molecule has 0 atom stereocenters. The summed E-state index contributed by atoms with van der Waals surface area (Å²) < 4.78 is 5.32. The summed E-state index contributed by atoms with van der Waals surface area (Å²) in [6.45, 7) is 8.15. The first kappa shape index (κ1) is 19.0. The Balaban J connectivity index is 1.23. The van der Waals surface area contributed by atoms with Crippen LogP contribution >= 0.6 is 0 Å². The van der Waals surface area contributed by atoms with Gasteiger partial charge in [0.05, 0.1) is 19.3 Å². The second kappa shape index (κ2) is 8.38. The molecule has 0 radical (unpaired) electrons. The Bertz CT molecular complexity index is 997. The summed E-state index contributed by atoms with van der Waals surface area (Å²) >= 11 is 0. The molecule has 0 aliphatic carbocycles. The molecule has 2 aliphatic rings. The van der Waals surface area contributed by atoms with Crippen LogP contribution in [0.5, 0.6) is 0 Å². The highest BCUT2D eigenvalue weighted by molar-refractivity contribution is 5.61. The zero-order valence-electron chi connectivity index (χ0n) is 17.2. The van der Waals surface area contributed by atoms with Crippen molar-refractivity contribution in [3.63, 3.8) is 0 Å². The number of nitrogens with one attached hydrogen (secondary N) is 1. The van der Waals surface area contributed by atoms with Crippen LogP contribution in [0.25, 0.3) is 11.4 Å². The third kappa shape index (κ3) is 4.13. The summed E-state index contributed by atoms with van der Waals surface area (Å²) in [6.07, 6.45) is 1.55. The molecule has 0 bridgehead atoms. The third-order valence-electron chi connectivity index (χ3n) is 5.79. The van der Waals surface area contributed by atoms with Crippen LogP contribution in [0.15, 0.2) is 54.9 Å². The first-order valence-corrected chi connectivity index (χ1v) is 10.4. The number of aromatic nitrogens is 3. The Morgan fingerprint density at radius 3 is 2.47 bits per heavy atom. The largest absolute Gasteiger partial charge is 0.378 e. The SMILES string of the molecule is Cc1cccc(-c2ncnc(Nc3ccc(N4CCN(C5COC5)CC4)cc3)n2)c1. The van der Waals surface area contributed by atoms with Gasteiger partial charge in [0.15, 0.2) is 5.82 Å². The highest BCUT2D eigenvalue weighted by atomic mass is 16.5. The van der Waals surface area contributed by atoms with E-state index < -0.39 is 0 Å². The molecule has 7 nitrogen and oxygen atoms in total. The fraction of sp³-hybridized carbons (Fsp3) is 0.348. The van der Waals surface area contributed by atoms with Crippen LogP contribution in [0.1, 0.15) is 5.56 Å². The molecule has 1 N–H and O–H groups in total. The molecule has 154 valence electrons. The zero-order chi connectivity index (χ0) is 20.3. The van der Waals surface area contributed by atoms with Gasteiger partial charge in [-0.1, -0.05) is 23.8 Å². The van der Waals surface area contributed by atoms with Crippen LogP contribution in [-0.4, -0.2) is 65.3 Å². The van der Waals surface area contributed by atoms with Gasteiger partial charge in [-0.15, -0.1) is 0 Å². The van der Waals surface area contributed by atoms with Crippen molar-refractivity contribution < 1.29 is 4.74 Å². The number of ether oxygens (including phenoxy) is 1. The number of hydrogen-bond acceptors (Lipinski definition) is 7. The molecule has 2 fully saturated rings. The molecule has 2 saturated heterocycles. The predicted molar refractivity (Wildman–Crippen MR) is 118 cm³/mol. The van der Waals surface area contributed by atoms with Gasteiger partial charge in [-0.25, -0.2) is 9.97 Å². The predicted octanol–water partition coefficient (Wildman–Crippen LogP) is 3.11. The van der Waals surface area contributed by atoms with E-state index in [1.807, 2.05) is 12.1 Å². The summed E-state index contributed by atoms with van der Waals surface area (Å²) in [6, 6.07) is 17.3. The number of rotatable bonds is 5. The molecule has 3 heterocycles. The lowest BCUT2D eigenvalue weighted by Crippen LogP contribution is -2.56. The fourth-order valence-corrected chi connectivity index (χ4v) is 3.94. The number of piperazine rings is 1. The van der Waals surface area contributed by atoms with E-state index in [1.54, 1.807) is 6.33 Å². The van der Waals surface area contributed by atoms with Crippen molar-refractivity contribution in [2.24, 2.45) is 0 Å². The second-order valence-electron chi connectivity index (χ2n) is 7.89. The highest BCUT2D eigenvalue weighted by Gasteiger charge is 2.28. The summed E-state index contributed by atoms with van der Waals surface area (Å²) in [7, 11) is 0. The average molecular weight is 403 g/mol. The highest BCUT2D eigenvalue weighted by Crippen LogP contribution is 2.23. The molecular weight excluding hydrogens is 376 g/mol. The molecule has 2 aromatic carbocycles. The molecule has 2 aliphatic heterocycles. The van der Waals surface area contributed by atoms with Gasteiger partial charge in [-0.2, -0.15) is 4.98 Å². The van der Waals surface area contributed by atoms with Crippen molar-refractivity contribution in [2.45, 2.75) is 13.0 Å². The van der Waals surface area contributed by atoms with Gasteiger partial charge in [0.1, 0.15) is 6.33 Å². The van der Waals surface area contributed by atoms with Gasteiger partial charge in [0, 0.05) is 43.1 Å². The maximum atomic E-state index is 5.32. The van der Waals surface area contributed by atoms with Crippen molar-refractivity contribution >= 4 is 17.3 Å². The van der Waals surface area contributed by atoms with E-state index in [-0.39, 0.29) is 0 Å². The van der Waals surface area contributed by atoms with E-state index in [0.29, 0.717) is 17.8 Å². The van der Waals surface area contributed by atoms with Crippen molar-refractivity contribution in [2.75, 3.05) is 49.6 Å². The normalized spacial score (nSPS) is 17.6. The number of aryl methyl sites for hydroxylation is 1. The fourth-order valence-electron chi connectivity index (χ4n) is 3.94. The quantitative estimate of drug-likeness (QED) is 0.703. The minimum absolute atomic E-state index is 0.547. The Labute approximate surface area is 176 Å². The first-order valence-electron chi connectivity index (χ1n) is 10.4. The summed E-state index contributed by atoms with van der Waals surface area (Å²) in [5.41, 5.74) is 4.38. The Morgan fingerprint density at radius 2 is 1.77 bits per heavy atom. The Hall–Kier alpha value is -3.03. The minimum atomic E-state index is 0.547. The van der Waals surface area contributed by atoms with E-state index in [2.05, 4.69) is 73.4 Å². The summed E-state index contributed by atoms with van der Waals surface area (Å²) in [5.74, 6) is 1.22. The van der Waals surface area contributed by atoms with Crippen molar-refractivity contribution in [1.82, 2.24) is 19.9 Å². The maximum absolute atomic E-state index is 5.32. The number of anilines is 3. The number of nitrogens with zero attached hydrogens (tertiary/aromatic N) is 5. The standard InChI is InChI=1S/C23H26N6O/c1-17-3-2-4-18(13-17)22-24-16-25-23(27-22)26-19-5-7-20(8-6-19)28-9-11-29(12-10-28)21-14-30-15-21/h2-8,13,16,21H,9-12,14-15H2,1H3,(H,24,25,26,27). The molecular formula is C23H26N6O. The van der Waals surface area contributed by atoms with E-state index in [0.717, 1.165) is 50.6 Å². The zero-order valence-corrected chi connectivity index (χ0v) is 17.2. The molecule has 30 heavy (non-hydrogen) atoms. The van der Waals surface area contributed by atoms with Crippen LogP contribution in [-0.2, 0) is 4.74 Å². The monoisotopic (exact) mass is 402 g/mol. The van der Waals surface area contributed by atoms with Crippen molar-refractivity contribution in [3.8, 4) is 11.4 Å². The first-order chi connectivity index (χ1) is 14.7. The maximum Gasteiger partial charge on any atom is 0.230 e. The van der Waals surface area contributed by atoms with E-state index in [1.165, 1.54) is 11.3 Å². The summed E-state index contributed by atoms with van der Waals surface area (Å²) in [5, 5.41) is 3.29. The van der Waals surface area contributed by atoms with Gasteiger partial charge in [-0.05, 0) is 37.3 Å². The van der Waals surface area contributed by atoms with Gasteiger partial charge < -0.3 is 15.0 Å². The summed E-state index contributed by atoms with van der Waals surface area (Å²) in [4.78, 5) is 18.1. The van der Waals surface area contributed by atoms with Gasteiger partial charge in [-0.3, -0.25) is 4.90 Å². The van der Waals surface area contributed by atoms with Crippen molar-refractivity contribution in [1.29, 1.82) is 0 Å². The van der Waals surface area contributed by atoms with Gasteiger partial charge in [0.25, 0.3) is 0 Å². The molecule has 5 rings (SSSR count). The lowest BCUT2D eigenvalue weighted by Gasteiger charge is -2.43. The van der Waals surface area contributed by atoms with E-state index >= 15 is 0 Å². The van der Waals surface area contributed by atoms with Crippen LogP contribution in [0.3, 0.4) is 0 Å². The average Bonchev–Trinajstić information content (AvgIpc) is 2.74. The number of benzene rings is 2. The topological polar surface area (TPSA) is 66.4 Å². The molecule has 0 saturated carbocycles. The molecule has 3 aromatic rings. The molecule has 7 heteroatoms. The van der Waals surface area contributed by atoms with Crippen molar-refractivity contribution in [3.05, 3.63) is 60.4 Å². The lowest BCUT2D eigenvalue weighted by molar-refractivity contribution is -0.0660. The lowest BCUT2D eigenvalue weighted by atomic mass is 10.1. The van der Waals surface area contributed by atoms with Crippen LogP contribution in [0.2, 0.25) is 0 Å². The van der Waals surface area contributed by atoms with Crippen LogP contribution in [0.4, 0.5) is 17.3 Å². The molecule has 0 spiro atoms. The second-order valence-corrected chi connectivity index (χ2v) is 7.89. The van der Waals surface area contributed by atoms with Crippen LogP contribution < -0.4 is 10.2 Å². The Morgan fingerprint density at radius 1 is 0.967 bits per heavy atom.